The Morgan fingerprint density at radius 2 is 1.52 bits per heavy atom. The molecule has 4 rings (SSSR count). The zero-order chi connectivity index (χ0) is 21.8. The maximum atomic E-state index is 12.8. The third-order valence-electron chi connectivity index (χ3n) is 6.38. The number of nitrogens with zero attached hydrogens (tertiary/aromatic N) is 2. The zero-order valence-electron chi connectivity index (χ0n) is 18.9. The summed E-state index contributed by atoms with van der Waals surface area (Å²) in [6.45, 7) is 5.81. The minimum Gasteiger partial charge on any atom is -0.345 e. The molecule has 3 heteroatoms. The van der Waals surface area contributed by atoms with Gasteiger partial charge in [-0.1, -0.05) is 60.2 Å². The number of amides is 1. The van der Waals surface area contributed by atoms with E-state index in [-0.39, 0.29) is 5.91 Å². The van der Waals surface area contributed by atoms with E-state index in [1.54, 1.807) is 0 Å². The summed E-state index contributed by atoms with van der Waals surface area (Å²) >= 11 is 0. The molecule has 1 aliphatic heterocycles. The number of carbonyl (C=O) groups excluding carboxylic acids is 1. The molecule has 0 saturated carbocycles. The summed E-state index contributed by atoms with van der Waals surface area (Å²) in [6.07, 6.45) is 3.53. The van der Waals surface area contributed by atoms with Crippen LogP contribution in [0.3, 0.4) is 0 Å². The molecule has 0 N–H and O–H groups in total. The van der Waals surface area contributed by atoms with Gasteiger partial charge in [-0.2, -0.15) is 0 Å². The van der Waals surface area contributed by atoms with Crippen LogP contribution in [0.15, 0.2) is 66.7 Å². The number of para-hydroxylation sites is 2. The average molecular weight is 413 g/mol. The molecule has 0 fully saturated rings. The molecule has 0 radical (unpaired) electrons. The molecule has 0 bridgehead atoms. The molecule has 3 aromatic carbocycles. The molecule has 0 aliphatic carbocycles. The molecule has 3 aromatic rings. The monoisotopic (exact) mass is 412 g/mol. The second-order valence-corrected chi connectivity index (χ2v) is 8.68. The van der Waals surface area contributed by atoms with Crippen molar-refractivity contribution < 1.29 is 4.79 Å². The number of benzene rings is 3. The van der Waals surface area contributed by atoms with Crippen LogP contribution in [-0.4, -0.2) is 30.9 Å². The van der Waals surface area contributed by atoms with Gasteiger partial charge in [-0.25, -0.2) is 0 Å². The molecule has 0 unspecified atom stereocenters. The highest BCUT2D eigenvalue weighted by atomic mass is 16.2. The molecule has 0 aromatic heterocycles. The third kappa shape index (κ3) is 4.82. The topological polar surface area (TPSA) is 23.6 Å². The minimum atomic E-state index is 0.186. The number of fused-ring (bicyclic) bond motifs is 2. The van der Waals surface area contributed by atoms with E-state index in [1.165, 1.54) is 33.6 Å². The van der Waals surface area contributed by atoms with Crippen LogP contribution >= 0.6 is 0 Å². The number of likely N-dealkylation sites (N-methyl/N-ethyl adjacent to an activating group) is 1. The van der Waals surface area contributed by atoms with Crippen molar-refractivity contribution in [1.29, 1.82) is 0 Å². The Bertz CT molecular complexity index is 1020. The van der Waals surface area contributed by atoms with Crippen molar-refractivity contribution >= 4 is 17.3 Å². The maximum Gasteiger partial charge on any atom is 0.226 e. The molecular formula is C28H32N2O. The van der Waals surface area contributed by atoms with Crippen molar-refractivity contribution in [3.63, 3.8) is 0 Å². The van der Waals surface area contributed by atoms with Crippen LogP contribution in [-0.2, 0) is 24.1 Å². The summed E-state index contributed by atoms with van der Waals surface area (Å²) < 4.78 is 0. The van der Waals surface area contributed by atoms with E-state index < -0.39 is 0 Å². The number of carbonyl (C=O) groups is 1. The normalized spacial score (nSPS) is 12.7. The van der Waals surface area contributed by atoms with E-state index in [1.807, 2.05) is 11.9 Å². The lowest BCUT2D eigenvalue weighted by atomic mass is 10.0. The first-order valence-electron chi connectivity index (χ1n) is 11.3. The number of hydrogen-bond donors (Lipinski definition) is 0. The molecule has 0 spiro atoms. The third-order valence-corrected chi connectivity index (χ3v) is 6.38. The smallest absolute Gasteiger partial charge is 0.226 e. The fraction of sp³-hybridized carbons (Fsp3) is 0.321. The molecule has 160 valence electrons. The summed E-state index contributed by atoms with van der Waals surface area (Å²) in [4.78, 5) is 17.2. The molecule has 0 saturated heterocycles. The van der Waals surface area contributed by atoms with Crippen molar-refractivity contribution in [3.05, 3.63) is 94.5 Å². The van der Waals surface area contributed by atoms with Gasteiger partial charge in [0.05, 0.1) is 6.42 Å². The van der Waals surface area contributed by atoms with E-state index in [4.69, 9.17) is 0 Å². The molecule has 1 heterocycles. The van der Waals surface area contributed by atoms with Gasteiger partial charge in [-0.15, -0.1) is 0 Å². The second kappa shape index (κ2) is 9.38. The van der Waals surface area contributed by atoms with Crippen LogP contribution in [0.1, 0.15) is 34.2 Å². The first-order valence-corrected chi connectivity index (χ1v) is 11.3. The summed E-state index contributed by atoms with van der Waals surface area (Å²) in [5.41, 5.74) is 8.93. The van der Waals surface area contributed by atoms with Crippen LogP contribution < -0.4 is 4.90 Å². The lowest BCUT2D eigenvalue weighted by Crippen LogP contribution is -2.31. The quantitative estimate of drug-likeness (QED) is 0.524. The minimum absolute atomic E-state index is 0.186. The Morgan fingerprint density at radius 1 is 0.903 bits per heavy atom. The SMILES string of the molecule is Cc1ccc(C)c(CC(=O)N(C)CCCN2c3ccccc3CCc3ccccc32)c1. The van der Waals surface area contributed by atoms with Gasteiger partial charge >= 0.3 is 0 Å². The van der Waals surface area contributed by atoms with Gasteiger partial charge < -0.3 is 9.80 Å². The highest BCUT2D eigenvalue weighted by molar-refractivity contribution is 5.79. The molecule has 1 aliphatic rings. The Labute approximate surface area is 186 Å². The second-order valence-electron chi connectivity index (χ2n) is 8.68. The van der Waals surface area contributed by atoms with E-state index >= 15 is 0 Å². The predicted molar refractivity (Wildman–Crippen MR) is 129 cm³/mol. The van der Waals surface area contributed by atoms with Crippen molar-refractivity contribution in [3.8, 4) is 0 Å². The Balaban J connectivity index is 1.43. The van der Waals surface area contributed by atoms with Crippen LogP contribution in [0.2, 0.25) is 0 Å². The number of anilines is 2. The van der Waals surface area contributed by atoms with Crippen molar-refractivity contribution in [2.45, 2.75) is 39.5 Å². The van der Waals surface area contributed by atoms with E-state index in [0.717, 1.165) is 37.9 Å². The largest absolute Gasteiger partial charge is 0.345 e. The van der Waals surface area contributed by atoms with Gasteiger partial charge in [0, 0.05) is 31.5 Å². The van der Waals surface area contributed by atoms with E-state index in [0.29, 0.717) is 6.42 Å². The number of rotatable bonds is 6. The summed E-state index contributed by atoms with van der Waals surface area (Å²) in [5, 5.41) is 0. The van der Waals surface area contributed by atoms with Gasteiger partial charge in [-0.05, 0) is 67.5 Å². The van der Waals surface area contributed by atoms with Gasteiger partial charge in [0.25, 0.3) is 0 Å². The molecular weight excluding hydrogens is 380 g/mol. The Morgan fingerprint density at radius 3 is 2.16 bits per heavy atom. The highest BCUT2D eigenvalue weighted by Gasteiger charge is 2.20. The van der Waals surface area contributed by atoms with Crippen LogP contribution in [0.25, 0.3) is 0 Å². The van der Waals surface area contributed by atoms with Crippen LogP contribution in [0.5, 0.6) is 0 Å². The average Bonchev–Trinajstić information content (AvgIpc) is 2.93. The fourth-order valence-electron chi connectivity index (χ4n) is 4.49. The van der Waals surface area contributed by atoms with E-state index in [9.17, 15) is 4.79 Å². The fourth-order valence-corrected chi connectivity index (χ4v) is 4.49. The van der Waals surface area contributed by atoms with Crippen molar-refractivity contribution in [2.75, 3.05) is 25.0 Å². The first kappa shape index (κ1) is 21.2. The van der Waals surface area contributed by atoms with Crippen LogP contribution in [0, 0.1) is 13.8 Å². The first-order chi connectivity index (χ1) is 15.0. The Kier molecular flexibility index (Phi) is 6.41. The van der Waals surface area contributed by atoms with Gasteiger partial charge in [0.15, 0.2) is 0 Å². The lowest BCUT2D eigenvalue weighted by Gasteiger charge is -2.28. The molecule has 31 heavy (non-hydrogen) atoms. The molecule has 1 amide bonds. The van der Waals surface area contributed by atoms with Gasteiger partial charge in [0.1, 0.15) is 0 Å². The van der Waals surface area contributed by atoms with Crippen molar-refractivity contribution in [2.24, 2.45) is 0 Å². The lowest BCUT2D eigenvalue weighted by molar-refractivity contribution is -0.129. The van der Waals surface area contributed by atoms with E-state index in [2.05, 4.69) is 85.5 Å². The summed E-state index contributed by atoms with van der Waals surface area (Å²) in [5.74, 6) is 0.186. The highest BCUT2D eigenvalue weighted by Crippen LogP contribution is 2.35. The maximum absolute atomic E-state index is 12.8. The van der Waals surface area contributed by atoms with Crippen molar-refractivity contribution in [1.82, 2.24) is 4.90 Å². The van der Waals surface area contributed by atoms with Gasteiger partial charge in [-0.3, -0.25) is 4.79 Å². The zero-order valence-corrected chi connectivity index (χ0v) is 18.9. The molecule has 0 atom stereocenters. The number of hydrogen-bond acceptors (Lipinski definition) is 2. The standard InChI is InChI=1S/C28H32N2O/c1-21-13-14-22(2)25(19-21)20-28(31)29(3)17-8-18-30-26-11-6-4-9-23(26)15-16-24-10-5-7-12-27(24)30/h4-7,9-14,19H,8,15-18,20H2,1-3H3. The molecule has 3 nitrogen and oxygen atoms in total. The predicted octanol–water partition coefficient (Wildman–Crippen LogP) is 5.63. The Hall–Kier alpha value is -3.07. The summed E-state index contributed by atoms with van der Waals surface area (Å²) in [7, 11) is 1.93. The summed E-state index contributed by atoms with van der Waals surface area (Å²) in [6, 6.07) is 23.8. The van der Waals surface area contributed by atoms with Crippen LogP contribution in [0.4, 0.5) is 11.4 Å². The number of aryl methyl sites for hydroxylation is 4. The van der Waals surface area contributed by atoms with Gasteiger partial charge in [0.2, 0.25) is 5.91 Å².